The lowest BCUT2D eigenvalue weighted by atomic mass is 9.96. The summed E-state index contributed by atoms with van der Waals surface area (Å²) in [7, 11) is 0. The molecule has 144 valence electrons. The summed E-state index contributed by atoms with van der Waals surface area (Å²) in [5, 5.41) is 2.81. The summed E-state index contributed by atoms with van der Waals surface area (Å²) in [6.45, 7) is 7.25. The maximum absolute atomic E-state index is 13.1. The smallest absolute Gasteiger partial charge is 0.270 e. The lowest BCUT2D eigenvalue weighted by molar-refractivity contribution is -0.126. The fourth-order valence-corrected chi connectivity index (χ4v) is 3.71. The maximum Gasteiger partial charge on any atom is 0.270 e. The minimum atomic E-state index is -0.211. The molecule has 4 N–H and O–H groups in total. The number of nitrogens with two attached hydrogens (primary N) is 1. The molecule has 2 amide bonds. The van der Waals surface area contributed by atoms with Crippen molar-refractivity contribution in [3.8, 4) is 0 Å². The number of hydrogen-bond acceptors (Lipinski definition) is 4. The van der Waals surface area contributed by atoms with Gasteiger partial charge in [-0.3, -0.25) is 14.4 Å². The number of hydrogen-bond donors (Lipinski definition) is 3. The number of aryl methyl sites for hydroxylation is 1. The highest BCUT2D eigenvalue weighted by Crippen LogP contribution is 2.25. The summed E-state index contributed by atoms with van der Waals surface area (Å²) in [4.78, 5) is 42.2. The summed E-state index contributed by atoms with van der Waals surface area (Å²) < 4.78 is 0. The van der Waals surface area contributed by atoms with Crippen LogP contribution in [0.1, 0.15) is 65.2 Å². The van der Waals surface area contributed by atoms with Gasteiger partial charge in [0, 0.05) is 37.4 Å². The van der Waals surface area contributed by atoms with Gasteiger partial charge < -0.3 is 20.9 Å². The summed E-state index contributed by atoms with van der Waals surface area (Å²) >= 11 is 0. The van der Waals surface area contributed by atoms with Crippen LogP contribution in [0.4, 0.5) is 0 Å². The van der Waals surface area contributed by atoms with Crippen LogP contribution in [0.3, 0.4) is 0 Å². The van der Waals surface area contributed by atoms with Crippen molar-refractivity contribution >= 4 is 17.6 Å². The number of piperidine rings is 1. The monoisotopic (exact) mass is 362 g/mol. The van der Waals surface area contributed by atoms with Crippen LogP contribution in [0.25, 0.3) is 0 Å². The van der Waals surface area contributed by atoms with Gasteiger partial charge in [-0.25, -0.2) is 0 Å². The van der Waals surface area contributed by atoms with Crippen molar-refractivity contribution in [1.29, 1.82) is 0 Å². The van der Waals surface area contributed by atoms with Gasteiger partial charge in [-0.2, -0.15) is 0 Å². The topological polar surface area (TPSA) is 108 Å². The van der Waals surface area contributed by atoms with E-state index in [0.29, 0.717) is 43.9 Å². The molecule has 0 aromatic carbocycles. The number of aromatic amines is 1. The molecular formula is C19H30N4O3. The average molecular weight is 362 g/mol. The number of H-pyrrole nitrogens is 1. The Bertz CT molecular complexity index is 681. The molecule has 2 heterocycles. The minimum Gasteiger partial charge on any atom is -0.355 e. The van der Waals surface area contributed by atoms with E-state index in [4.69, 9.17) is 5.73 Å². The number of Topliss-reactive ketones (excluding diaryl/α,β-unsaturated/α-hetero) is 1. The van der Waals surface area contributed by atoms with Crippen LogP contribution in [0, 0.1) is 12.8 Å². The standard InChI is InChI=1S/C19H30N4O3/c1-4-6-15-16(13(3)24)12(2)22-17(15)19(26)23-10-5-7-14(11-23)18(25)21-9-8-20/h14,22H,4-11,20H2,1-3H3,(H,21,25). The molecule has 0 aliphatic carbocycles. The van der Waals surface area contributed by atoms with E-state index in [0.717, 1.165) is 30.5 Å². The van der Waals surface area contributed by atoms with Crippen LogP contribution < -0.4 is 11.1 Å². The fourth-order valence-electron chi connectivity index (χ4n) is 3.71. The third kappa shape index (κ3) is 4.33. The number of aromatic nitrogens is 1. The van der Waals surface area contributed by atoms with Gasteiger partial charge in [-0.1, -0.05) is 13.3 Å². The van der Waals surface area contributed by atoms with Gasteiger partial charge in [-0.05, 0) is 38.7 Å². The normalized spacial score (nSPS) is 17.2. The van der Waals surface area contributed by atoms with Crippen molar-refractivity contribution in [1.82, 2.24) is 15.2 Å². The second kappa shape index (κ2) is 8.98. The average Bonchev–Trinajstić information content (AvgIpc) is 2.95. The number of rotatable bonds is 7. The summed E-state index contributed by atoms with van der Waals surface area (Å²) in [5.74, 6) is -0.412. The molecule has 2 rings (SSSR count). The molecule has 0 bridgehead atoms. The van der Waals surface area contributed by atoms with Crippen molar-refractivity contribution in [3.63, 3.8) is 0 Å². The predicted octanol–water partition coefficient (Wildman–Crippen LogP) is 1.41. The van der Waals surface area contributed by atoms with Gasteiger partial charge in [0.1, 0.15) is 5.69 Å². The Morgan fingerprint density at radius 1 is 1.35 bits per heavy atom. The first kappa shape index (κ1) is 20.2. The number of carbonyl (C=O) groups excluding carboxylic acids is 3. The Balaban J connectivity index is 2.21. The number of nitrogens with one attached hydrogen (secondary N) is 2. The molecule has 1 saturated heterocycles. The molecule has 0 radical (unpaired) electrons. The summed E-state index contributed by atoms with van der Waals surface area (Å²) in [6.07, 6.45) is 3.08. The Morgan fingerprint density at radius 2 is 2.08 bits per heavy atom. The largest absolute Gasteiger partial charge is 0.355 e. The molecule has 26 heavy (non-hydrogen) atoms. The van der Waals surface area contributed by atoms with Gasteiger partial charge in [0.15, 0.2) is 5.78 Å². The zero-order valence-electron chi connectivity index (χ0n) is 16.0. The molecule has 1 unspecified atom stereocenters. The van der Waals surface area contributed by atoms with Crippen LogP contribution in [0.2, 0.25) is 0 Å². The van der Waals surface area contributed by atoms with E-state index in [1.807, 2.05) is 13.8 Å². The lowest BCUT2D eigenvalue weighted by Crippen LogP contribution is -2.46. The summed E-state index contributed by atoms with van der Waals surface area (Å²) in [5.41, 5.74) is 8.10. The molecule has 1 aromatic heterocycles. The van der Waals surface area contributed by atoms with E-state index in [9.17, 15) is 14.4 Å². The minimum absolute atomic E-state index is 0.0288. The van der Waals surface area contributed by atoms with E-state index < -0.39 is 0 Å². The maximum atomic E-state index is 13.1. The van der Waals surface area contributed by atoms with Gasteiger partial charge in [0.25, 0.3) is 5.91 Å². The van der Waals surface area contributed by atoms with E-state index in [-0.39, 0.29) is 23.5 Å². The molecule has 1 atom stereocenters. The van der Waals surface area contributed by atoms with Gasteiger partial charge in [0.05, 0.1) is 5.92 Å². The molecule has 1 fully saturated rings. The van der Waals surface area contributed by atoms with Crippen LogP contribution >= 0.6 is 0 Å². The number of amides is 2. The van der Waals surface area contributed by atoms with Crippen LogP contribution in [0.15, 0.2) is 0 Å². The highest BCUT2D eigenvalue weighted by molar-refractivity contribution is 6.02. The zero-order valence-corrected chi connectivity index (χ0v) is 16.0. The highest BCUT2D eigenvalue weighted by Gasteiger charge is 2.31. The van der Waals surface area contributed by atoms with E-state index in [1.165, 1.54) is 6.92 Å². The fraction of sp³-hybridized carbons (Fsp3) is 0.632. The number of ketones is 1. The zero-order chi connectivity index (χ0) is 19.3. The first-order valence-corrected chi connectivity index (χ1v) is 9.40. The molecule has 1 aromatic rings. The molecule has 1 aliphatic rings. The van der Waals surface area contributed by atoms with Crippen molar-refractivity contribution in [2.45, 2.75) is 46.5 Å². The third-order valence-corrected chi connectivity index (χ3v) is 4.88. The molecule has 7 heteroatoms. The second-order valence-corrected chi connectivity index (χ2v) is 6.95. The van der Waals surface area contributed by atoms with Crippen molar-refractivity contribution in [2.75, 3.05) is 26.2 Å². The Labute approximate surface area is 154 Å². The van der Waals surface area contributed by atoms with Gasteiger partial charge >= 0.3 is 0 Å². The first-order chi connectivity index (χ1) is 12.4. The number of likely N-dealkylation sites (tertiary alicyclic amines) is 1. The summed E-state index contributed by atoms with van der Waals surface area (Å²) in [6, 6.07) is 0. The van der Waals surface area contributed by atoms with Crippen molar-refractivity contribution in [2.24, 2.45) is 11.7 Å². The van der Waals surface area contributed by atoms with Gasteiger partial charge in [0.2, 0.25) is 5.91 Å². The van der Waals surface area contributed by atoms with E-state index >= 15 is 0 Å². The number of carbonyl (C=O) groups is 3. The van der Waals surface area contributed by atoms with Crippen LogP contribution in [0.5, 0.6) is 0 Å². The Hall–Kier alpha value is -2.15. The SMILES string of the molecule is CCCc1c(C(=O)N2CCCC(C(=O)NCCN)C2)[nH]c(C)c1C(C)=O. The van der Waals surface area contributed by atoms with Crippen LogP contribution in [-0.2, 0) is 11.2 Å². The second-order valence-electron chi connectivity index (χ2n) is 6.95. The van der Waals surface area contributed by atoms with Crippen molar-refractivity contribution in [3.05, 3.63) is 22.5 Å². The third-order valence-electron chi connectivity index (χ3n) is 4.88. The van der Waals surface area contributed by atoms with Gasteiger partial charge in [-0.15, -0.1) is 0 Å². The molecule has 0 spiro atoms. The molecule has 0 saturated carbocycles. The molecular weight excluding hydrogens is 332 g/mol. The van der Waals surface area contributed by atoms with Crippen molar-refractivity contribution < 1.29 is 14.4 Å². The van der Waals surface area contributed by atoms with E-state index in [1.54, 1.807) is 4.90 Å². The molecule has 1 aliphatic heterocycles. The van der Waals surface area contributed by atoms with E-state index in [2.05, 4.69) is 10.3 Å². The van der Waals surface area contributed by atoms with Crippen LogP contribution in [-0.4, -0.2) is 53.7 Å². The number of nitrogens with zero attached hydrogens (tertiary/aromatic N) is 1. The predicted molar refractivity (Wildman–Crippen MR) is 100 cm³/mol. The quantitative estimate of drug-likeness (QED) is 0.637. The lowest BCUT2D eigenvalue weighted by Gasteiger charge is -2.32. The first-order valence-electron chi connectivity index (χ1n) is 9.40. The Kier molecular flexibility index (Phi) is 6.97. The Morgan fingerprint density at radius 3 is 2.69 bits per heavy atom. The highest BCUT2D eigenvalue weighted by atomic mass is 16.2. The molecule has 7 nitrogen and oxygen atoms in total.